The third-order valence-electron chi connectivity index (χ3n) is 4.97. The molecule has 1 N–H and O–H groups in total. The Kier molecular flexibility index (Phi) is 6.22. The molecule has 3 rings (SSSR count). The Morgan fingerprint density at radius 1 is 0.786 bits per heavy atom. The molecule has 3 aromatic rings. The topological polar surface area (TPSA) is 46.2 Å². The second-order valence-corrected chi connectivity index (χ2v) is 7.18. The maximum Gasteiger partial charge on any atom is 0.217 e. The molecule has 0 aliphatic heterocycles. The minimum atomic E-state index is -0.770. The molecule has 4 heteroatoms. The molecule has 0 bridgehead atoms. The van der Waals surface area contributed by atoms with E-state index in [1.807, 2.05) is 54.6 Å². The zero-order valence-corrected chi connectivity index (χ0v) is 16.5. The molecule has 142 valence electrons. The number of hydrogen-bond donors (Lipinski definition) is 1. The highest BCUT2D eigenvalue weighted by Crippen LogP contribution is 2.43. The Labute approximate surface area is 171 Å². The summed E-state index contributed by atoms with van der Waals surface area (Å²) in [4.78, 5) is 24.0. The van der Waals surface area contributed by atoms with Gasteiger partial charge in [0.15, 0.2) is 0 Å². The predicted molar refractivity (Wildman–Crippen MR) is 114 cm³/mol. The summed E-state index contributed by atoms with van der Waals surface area (Å²) in [5, 5.41) is 2.28. The fraction of sp³-hybridized carbons (Fsp3) is 0.167. The number of benzene rings is 3. The van der Waals surface area contributed by atoms with Crippen molar-refractivity contribution in [1.29, 1.82) is 0 Å². The second kappa shape index (κ2) is 8.81. The average Bonchev–Trinajstić information content (AvgIpc) is 2.72. The minimum Gasteiger partial charge on any atom is -0.740 e. The Hall–Kier alpha value is -2.98. The Morgan fingerprint density at radius 2 is 1.14 bits per heavy atom. The van der Waals surface area contributed by atoms with Crippen molar-refractivity contribution < 1.29 is 9.59 Å². The average molecular weight is 389 g/mol. The fourth-order valence-corrected chi connectivity index (χ4v) is 3.91. The molecule has 0 aliphatic carbocycles. The summed E-state index contributed by atoms with van der Waals surface area (Å²) in [6, 6.07) is 29.4. The molecule has 3 nitrogen and oxygen atoms in total. The van der Waals surface area contributed by atoms with Crippen molar-refractivity contribution in [3.8, 4) is 0 Å². The van der Waals surface area contributed by atoms with Gasteiger partial charge >= 0.3 is 0 Å². The zero-order valence-electron chi connectivity index (χ0n) is 15.7. The van der Waals surface area contributed by atoms with Crippen LogP contribution in [-0.2, 0) is 27.6 Å². The lowest BCUT2D eigenvalue weighted by molar-refractivity contribution is -0.123. The first-order chi connectivity index (χ1) is 13.5. The Balaban J connectivity index is 2.27. The monoisotopic (exact) mass is 388 g/mol. The first-order valence-electron chi connectivity index (χ1n) is 9.18. The summed E-state index contributed by atoms with van der Waals surface area (Å²) in [5.41, 5.74) is 2.49. The molecule has 0 aromatic heterocycles. The van der Waals surface area contributed by atoms with Crippen LogP contribution in [0.3, 0.4) is 0 Å². The van der Waals surface area contributed by atoms with E-state index in [0.29, 0.717) is 6.42 Å². The van der Waals surface area contributed by atoms with Gasteiger partial charge in [0.25, 0.3) is 0 Å². The van der Waals surface area contributed by atoms with E-state index in [9.17, 15) is 9.59 Å². The smallest absolute Gasteiger partial charge is 0.217 e. The summed E-state index contributed by atoms with van der Waals surface area (Å²) in [6.07, 6.45) is 0.340. The minimum absolute atomic E-state index is 0.272. The van der Waals surface area contributed by atoms with Gasteiger partial charge in [-0.3, -0.25) is 4.79 Å². The van der Waals surface area contributed by atoms with Crippen molar-refractivity contribution in [2.24, 2.45) is 0 Å². The highest BCUT2D eigenvalue weighted by Gasteiger charge is 2.38. The van der Waals surface area contributed by atoms with E-state index in [0.717, 1.165) is 16.7 Å². The molecule has 0 heterocycles. The van der Waals surface area contributed by atoms with Crippen LogP contribution in [0, 0.1) is 0 Å². The number of carbonyl (C=O) groups excluding carboxylic acids is 2. The second-order valence-electron chi connectivity index (χ2n) is 6.78. The van der Waals surface area contributed by atoms with Crippen molar-refractivity contribution in [2.75, 3.05) is 0 Å². The van der Waals surface area contributed by atoms with Gasteiger partial charge in [0.1, 0.15) is 0 Å². The SMILES string of the molecule is CC(=O)NC(CC(c1ccccc1)(c1ccccc1)c1ccccc1)C(=O)[S-]. The van der Waals surface area contributed by atoms with Gasteiger partial charge < -0.3 is 22.7 Å². The normalized spacial score (nSPS) is 12.2. The van der Waals surface area contributed by atoms with Gasteiger partial charge in [0, 0.05) is 17.5 Å². The molecule has 0 saturated carbocycles. The number of hydrogen-bond acceptors (Lipinski definition) is 3. The lowest BCUT2D eigenvalue weighted by Gasteiger charge is -2.39. The first kappa shape index (κ1) is 19.8. The summed E-state index contributed by atoms with van der Waals surface area (Å²) in [7, 11) is 0. The van der Waals surface area contributed by atoms with Crippen LogP contribution in [0.4, 0.5) is 0 Å². The molecule has 0 saturated heterocycles. The fourth-order valence-electron chi connectivity index (χ4n) is 3.77. The summed E-state index contributed by atoms with van der Waals surface area (Å²) < 4.78 is 0. The van der Waals surface area contributed by atoms with Gasteiger partial charge in [-0.15, -0.1) is 0 Å². The third kappa shape index (κ3) is 4.12. The first-order valence-corrected chi connectivity index (χ1v) is 9.59. The van der Waals surface area contributed by atoms with Gasteiger partial charge in [-0.05, 0) is 23.1 Å². The summed E-state index contributed by atoms with van der Waals surface area (Å²) in [6.45, 7) is 1.40. The number of amides is 1. The third-order valence-corrected chi connectivity index (χ3v) is 5.26. The van der Waals surface area contributed by atoms with Gasteiger partial charge in [-0.2, -0.15) is 0 Å². The predicted octanol–water partition coefficient (Wildman–Crippen LogP) is 3.99. The van der Waals surface area contributed by atoms with E-state index >= 15 is 0 Å². The van der Waals surface area contributed by atoms with E-state index in [4.69, 9.17) is 12.6 Å². The maximum absolute atomic E-state index is 12.3. The summed E-state index contributed by atoms with van der Waals surface area (Å²) in [5.74, 6) is -0.272. The molecule has 0 fully saturated rings. The van der Waals surface area contributed by atoms with Crippen LogP contribution in [0.5, 0.6) is 0 Å². The van der Waals surface area contributed by atoms with Gasteiger partial charge in [0.2, 0.25) is 5.91 Å². The Bertz CT molecular complexity index is 830. The molecule has 0 aliphatic rings. The number of rotatable bonds is 7. The number of carbonyl (C=O) groups is 2. The van der Waals surface area contributed by atoms with Crippen LogP contribution in [0.2, 0.25) is 0 Å². The molecule has 3 aromatic carbocycles. The quantitative estimate of drug-likeness (QED) is 0.492. The van der Waals surface area contributed by atoms with Crippen LogP contribution < -0.4 is 5.32 Å². The lowest BCUT2D eigenvalue weighted by atomic mass is 9.66. The van der Waals surface area contributed by atoms with Crippen LogP contribution in [-0.4, -0.2) is 17.1 Å². The zero-order chi connectivity index (χ0) is 20.0. The van der Waals surface area contributed by atoms with Gasteiger partial charge in [0.05, 0.1) is 6.04 Å². The van der Waals surface area contributed by atoms with E-state index in [2.05, 4.69) is 41.7 Å². The van der Waals surface area contributed by atoms with Crippen molar-refractivity contribution in [2.45, 2.75) is 24.8 Å². The lowest BCUT2D eigenvalue weighted by Crippen LogP contribution is -2.45. The van der Waals surface area contributed by atoms with Crippen LogP contribution >= 0.6 is 0 Å². The molecular weight excluding hydrogens is 366 g/mol. The van der Waals surface area contributed by atoms with Crippen LogP contribution in [0.1, 0.15) is 30.0 Å². The molecule has 28 heavy (non-hydrogen) atoms. The largest absolute Gasteiger partial charge is 0.740 e. The highest BCUT2D eigenvalue weighted by atomic mass is 32.1. The van der Waals surface area contributed by atoms with E-state index < -0.39 is 16.6 Å². The highest BCUT2D eigenvalue weighted by molar-refractivity contribution is 7.77. The van der Waals surface area contributed by atoms with E-state index in [1.54, 1.807) is 0 Å². The van der Waals surface area contributed by atoms with Crippen molar-refractivity contribution in [3.05, 3.63) is 108 Å². The standard InChI is InChI=1S/C24H23NO2S/c1-18(26)25-22(23(27)28)17-24(19-11-5-2-6-12-19,20-13-7-3-8-14-20)21-15-9-4-10-16-21/h2-16,22H,17H2,1H3,(H,25,26)(H,27,28)/p-1. The van der Waals surface area contributed by atoms with Crippen molar-refractivity contribution in [3.63, 3.8) is 0 Å². The van der Waals surface area contributed by atoms with Crippen molar-refractivity contribution in [1.82, 2.24) is 5.32 Å². The summed E-state index contributed by atoms with van der Waals surface area (Å²) >= 11 is 4.98. The molecule has 1 amide bonds. The van der Waals surface area contributed by atoms with Gasteiger partial charge in [-0.25, -0.2) is 0 Å². The molecule has 1 atom stereocenters. The molecule has 0 spiro atoms. The van der Waals surface area contributed by atoms with Crippen LogP contribution in [0.25, 0.3) is 0 Å². The maximum atomic E-state index is 12.3. The molecule has 1 unspecified atom stereocenters. The molecule has 0 radical (unpaired) electrons. The van der Waals surface area contributed by atoms with Crippen molar-refractivity contribution >= 4 is 23.7 Å². The van der Waals surface area contributed by atoms with Crippen LogP contribution in [0.15, 0.2) is 91.0 Å². The number of nitrogens with one attached hydrogen (secondary N) is 1. The van der Waals surface area contributed by atoms with E-state index in [-0.39, 0.29) is 5.91 Å². The molecular formula is C24H22NO2S-. The van der Waals surface area contributed by atoms with E-state index in [1.165, 1.54) is 6.92 Å². The van der Waals surface area contributed by atoms with Gasteiger partial charge in [-0.1, -0.05) is 91.0 Å². The Morgan fingerprint density at radius 3 is 1.43 bits per heavy atom.